The van der Waals surface area contributed by atoms with Crippen LogP contribution in [-0.4, -0.2) is 34.9 Å². The third-order valence-electron chi connectivity index (χ3n) is 2.98. The topological polar surface area (TPSA) is 59.2 Å². The standard InChI is InChI=1S/C12H17N3O/c13-11-4-8-15(12(16)9-11)7-3-10-1-5-14-6-2-10/h1-2,5-6,11H,3-4,7-9,13H2. The van der Waals surface area contributed by atoms with Crippen molar-refractivity contribution in [3.8, 4) is 0 Å². The van der Waals surface area contributed by atoms with Gasteiger partial charge in [-0.05, 0) is 30.5 Å². The van der Waals surface area contributed by atoms with Crippen molar-refractivity contribution in [2.45, 2.75) is 25.3 Å². The van der Waals surface area contributed by atoms with Crippen LogP contribution < -0.4 is 5.73 Å². The molecule has 0 bridgehead atoms. The summed E-state index contributed by atoms with van der Waals surface area (Å²) in [6.45, 7) is 1.58. The van der Waals surface area contributed by atoms with Crippen molar-refractivity contribution >= 4 is 5.91 Å². The number of hydrogen-bond donors (Lipinski definition) is 1. The van der Waals surface area contributed by atoms with Gasteiger partial charge >= 0.3 is 0 Å². The van der Waals surface area contributed by atoms with Crippen LogP contribution in [0.5, 0.6) is 0 Å². The molecule has 1 atom stereocenters. The van der Waals surface area contributed by atoms with Crippen molar-refractivity contribution in [3.05, 3.63) is 30.1 Å². The van der Waals surface area contributed by atoms with Crippen LogP contribution in [0.2, 0.25) is 0 Å². The number of aromatic nitrogens is 1. The van der Waals surface area contributed by atoms with Crippen molar-refractivity contribution in [1.82, 2.24) is 9.88 Å². The second-order valence-corrected chi connectivity index (χ2v) is 4.24. The summed E-state index contributed by atoms with van der Waals surface area (Å²) in [6, 6.07) is 4.03. The molecule has 2 rings (SSSR count). The Kier molecular flexibility index (Phi) is 3.51. The molecule has 4 nitrogen and oxygen atoms in total. The van der Waals surface area contributed by atoms with E-state index in [4.69, 9.17) is 5.73 Å². The Morgan fingerprint density at radius 3 is 2.88 bits per heavy atom. The average Bonchev–Trinajstić information content (AvgIpc) is 2.29. The van der Waals surface area contributed by atoms with Gasteiger partial charge in [-0.2, -0.15) is 0 Å². The number of hydrogen-bond acceptors (Lipinski definition) is 3. The van der Waals surface area contributed by atoms with Gasteiger partial charge in [-0.25, -0.2) is 0 Å². The van der Waals surface area contributed by atoms with Crippen LogP contribution in [0.4, 0.5) is 0 Å². The van der Waals surface area contributed by atoms with E-state index >= 15 is 0 Å². The molecule has 1 aromatic heterocycles. The molecular formula is C12H17N3O. The Balaban J connectivity index is 1.84. The van der Waals surface area contributed by atoms with E-state index in [1.54, 1.807) is 12.4 Å². The normalized spacial score (nSPS) is 21.2. The third-order valence-corrected chi connectivity index (χ3v) is 2.98. The minimum atomic E-state index is 0.0599. The number of piperidine rings is 1. The molecule has 1 aromatic rings. The van der Waals surface area contributed by atoms with E-state index in [9.17, 15) is 4.79 Å². The van der Waals surface area contributed by atoms with Crippen LogP contribution in [0.1, 0.15) is 18.4 Å². The van der Waals surface area contributed by atoms with Gasteiger partial charge in [-0.3, -0.25) is 9.78 Å². The van der Waals surface area contributed by atoms with Crippen LogP contribution >= 0.6 is 0 Å². The minimum absolute atomic E-state index is 0.0599. The van der Waals surface area contributed by atoms with Gasteiger partial charge in [-0.15, -0.1) is 0 Å². The zero-order chi connectivity index (χ0) is 11.4. The molecular weight excluding hydrogens is 202 g/mol. The lowest BCUT2D eigenvalue weighted by Gasteiger charge is -2.30. The Labute approximate surface area is 95.5 Å². The number of likely N-dealkylation sites (tertiary alicyclic amines) is 1. The quantitative estimate of drug-likeness (QED) is 0.808. The maximum Gasteiger partial charge on any atom is 0.224 e. The number of amides is 1. The summed E-state index contributed by atoms with van der Waals surface area (Å²) in [5.41, 5.74) is 6.96. The molecule has 1 fully saturated rings. The van der Waals surface area contributed by atoms with E-state index in [0.717, 1.165) is 25.9 Å². The molecule has 0 aliphatic carbocycles. The highest BCUT2D eigenvalue weighted by Gasteiger charge is 2.22. The highest BCUT2D eigenvalue weighted by molar-refractivity contribution is 5.77. The van der Waals surface area contributed by atoms with Crippen LogP contribution in [-0.2, 0) is 11.2 Å². The molecule has 0 aromatic carbocycles. The van der Waals surface area contributed by atoms with Gasteiger partial charge in [-0.1, -0.05) is 0 Å². The molecule has 0 spiro atoms. The molecule has 1 saturated heterocycles. The maximum absolute atomic E-state index is 11.7. The summed E-state index contributed by atoms with van der Waals surface area (Å²) in [7, 11) is 0. The Morgan fingerprint density at radius 2 is 2.19 bits per heavy atom. The van der Waals surface area contributed by atoms with Crippen molar-refractivity contribution < 1.29 is 4.79 Å². The van der Waals surface area contributed by atoms with Gasteiger partial charge < -0.3 is 10.6 Å². The van der Waals surface area contributed by atoms with E-state index in [1.807, 2.05) is 17.0 Å². The molecule has 2 N–H and O–H groups in total. The Hall–Kier alpha value is -1.42. The maximum atomic E-state index is 11.7. The minimum Gasteiger partial charge on any atom is -0.342 e. The molecule has 4 heteroatoms. The predicted molar refractivity (Wildman–Crippen MR) is 61.7 cm³/mol. The molecule has 16 heavy (non-hydrogen) atoms. The lowest BCUT2D eigenvalue weighted by molar-refractivity contribution is -0.133. The van der Waals surface area contributed by atoms with Crippen molar-refractivity contribution in [3.63, 3.8) is 0 Å². The van der Waals surface area contributed by atoms with Gasteiger partial charge in [0.05, 0.1) is 0 Å². The largest absolute Gasteiger partial charge is 0.342 e. The first kappa shape index (κ1) is 11.1. The summed E-state index contributed by atoms with van der Waals surface area (Å²) in [5, 5.41) is 0. The zero-order valence-corrected chi connectivity index (χ0v) is 9.30. The predicted octanol–water partition coefficient (Wildman–Crippen LogP) is 0.574. The fourth-order valence-corrected chi connectivity index (χ4v) is 1.95. The molecule has 0 radical (unpaired) electrons. The molecule has 1 aliphatic heterocycles. The summed E-state index contributed by atoms with van der Waals surface area (Å²) in [5.74, 6) is 0.188. The average molecular weight is 219 g/mol. The Morgan fingerprint density at radius 1 is 1.44 bits per heavy atom. The molecule has 86 valence electrons. The highest BCUT2D eigenvalue weighted by Crippen LogP contribution is 2.10. The van der Waals surface area contributed by atoms with Crippen molar-refractivity contribution in [1.29, 1.82) is 0 Å². The second-order valence-electron chi connectivity index (χ2n) is 4.24. The molecule has 1 amide bonds. The molecule has 1 aliphatic rings. The van der Waals surface area contributed by atoms with Crippen LogP contribution in [0.25, 0.3) is 0 Å². The summed E-state index contributed by atoms with van der Waals surface area (Å²) >= 11 is 0. The molecule has 0 saturated carbocycles. The number of carbonyl (C=O) groups excluding carboxylic acids is 1. The van der Waals surface area contributed by atoms with E-state index in [2.05, 4.69) is 4.98 Å². The van der Waals surface area contributed by atoms with Crippen molar-refractivity contribution in [2.75, 3.05) is 13.1 Å². The van der Waals surface area contributed by atoms with Gasteiger partial charge in [0.1, 0.15) is 0 Å². The molecule has 2 heterocycles. The van der Waals surface area contributed by atoms with Gasteiger partial charge in [0.2, 0.25) is 5.91 Å². The number of nitrogens with two attached hydrogens (primary N) is 1. The van der Waals surface area contributed by atoms with Gasteiger partial charge in [0.15, 0.2) is 0 Å². The Bertz CT molecular complexity index is 353. The monoisotopic (exact) mass is 219 g/mol. The smallest absolute Gasteiger partial charge is 0.224 e. The third kappa shape index (κ3) is 2.79. The first-order valence-electron chi connectivity index (χ1n) is 5.68. The fourth-order valence-electron chi connectivity index (χ4n) is 1.95. The fraction of sp³-hybridized carbons (Fsp3) is 0.500. The van der Waals surface area contributed by atoms with E-state index in [0.29, 0.717) is 6.42 Å². The van der Waals surface area contributed by atoms with Crippen molar-refractivity contribution in [2.24, 2.45) is 5.73 Å². The number of carbonyl (C=O) groups is 1. The first-order valence-corrected chi connectivity index (χ1v) is 5.68. The van der Waals surface area contributed by atoms with Crippen LogP contribution in [0.15, 0.2) is 24.5 Å². The van der Waals surface area contributed by atoms with Gasteiger partial charge in [0.25, 0.3) is 0 Å². The zero-order valence-electron chi connectivity index (χ0n) is 9.30. The first-order chi connectivity index (χ1) is 7.75. The summed E-state index contributed by atoms with van der Waals surface area (Å²) in [6.07, 6.45) is 5.87. The molecule has 1 unspecified atom stereocenters. The van der Waals surface area contributed by atoms with Crippen LogP contribution in [0, 0.1) is 0 Å². The lowest BCUT2D eigenvalue weighted by Crippen LogP contribution is -2.44. The lowest BCUT2D eigenvalue weighted by atomic mass is 10.0. The van der Waals surface area contributed by atoms with E-state index in [1.165, 1.54) is 5.56 Å². The highest BCUT2D eigenvalue weighted by atomic mass is 16.2. The van der Waals surface area contributed by atoms with Gasteiger partial charge in [0, 0.05) is 37.9 Å². The number of nitrogens with zero attached hydrogens (tertiary/aromatic N) is 2. The van der Waals surface area contributed by atoms with Crippen LogP contribution in [0.3, 0.4) is 0 Å². The second kappa shape index (κ2) is 5.07. The number of rotatable bonds is 3. The SMILES string of the molecule is NC1CCN(CCc2ccncc2)C(=O)C1. The summed E-state index contributed by atoms with van der Waals surface area (Å²) in [4.78, 5) is 17.5. The number of pyridine rings is 1. The van der Waals surface area contributed by atoms with E-state index in [-0.39, 0.29) is 11.9 Å². The van der Waals surface area contributed by atoms with E-state index < -0.39 is 0 Å². The summed E-state index contributed by atoms with van der Waals surface area (Å²) < 4.78 is 0.